The molecule has 0 radical (unpaired) electrons. The standard InChI is InChI=1S/C17H19N3O/c1-12(2-3-13-4-8-16(21)9-5-13)19-15-7-6-14-11-18-20-17(14)10-15/h4-12,19,21H,2-3H2,1H3,(H,18,20). The Hall–Kier alpha value is -2.49. The van der Waals surface area contributed by atoms with Crippen LogP contribution in [0.25, 0.3) is 10.9 Å². The van der Waals surface area contributed by atoms with Gasteiger partial charge in [-0.1, -0.05) is 12.1 Å². The number of fused-ring (bicyclic) bond motifs is 1. The van der Waals surface area contributed by atoms with E-state index in [0.29, 0.717) is 11.8 Å². The highest BCUT2D eigenvalue weighted by Crippen LogP contribution is 2.18. The van der Waals surface area contributed by atoms with Crippen molar-refractivity contribution in [3.63, 3.8) is 0 Å². The van der Waals surface area contributed by atoms with E-state index in [1.807, 2.05) is 18.3 Å². The molecule has 0 amide bonds. The molecule has 4 heteroatoms. The number of nitrogens with one attached hydrogen (secondary N) is 2. The molecular weight excluding hydrogens is 262 g/mol. The molecule has 0 bridgehead atoms. The van der Waals surface area contributed by atoms with E-state index in [9.17, 15) is 5.11 Å². The maximum atomic E-state index is 9.28. The Bertz CT molecular complexity index is 718. The van der Waals surface area contributed by atoms with Crippen LogP contribution in [0.4, 0.5) is 5.69 Å². The van der Waals surface area contributed by atoms with Gasteiger partial charge >= 0.3 is 0 Å². The summed E-state index contributed by atoms with van der Waals surface area (Å²) in [7, 11) is 0. The first-order chi connectivity index (χ1) is 10.2. The maximum Gasteiger partial charge on any atom is 0.115 e. The number of aryl methyl sites for hydroxylation is 1. The van der Waals surface area contributed by atoms with Gasteiger partial charge in [0.25, 0.3) is 0 Å². The zero-order valence-electron chi connectivity index (χ0n) is 12.0. The van der Waals surface area contributed by atoms with Crippen molar-refractivity contribution in [1.29, 1.82) is 0 Å². The van der Waals surface area contributed by atoms with Crippen LogP contribution >= 0.6 is 0 Å². The van der Waals surface area contributed by atoms with Crippen LogP contribution in [0, 0.1) is 0 Å². The monoisotopic (exact) mass is 281 g/mol. The average Bonchev–Trinajstić information content (AvgIpc) is 2.94. The largest absolute Gasteiger partial charge is 0.508 e. The number of benzene rings is 2. The van der Waals surface area contributed by atoms with Crippen LogP contribution in [-0.2, 0) is 6.42 Å². The molecule has 3 N–H and O–H groups in total. The summed E-state index contributed by atoms with van der Waals surface area (Å²) in [5.41, 5.74) is 3.39. The summed E-state index contributed by atoms with van der Waals surface area (Å²) in [5.74, 6) is 0.317. The van der Waals surface area contributed by atoms with Crippen LogP contribution in [-0.4, -0.2) is 21.3 Å². The maximum absolute atomic E-state index is 9.28. The number of aromatic nitrogens is 2. The molecule has 108 valence electrons. The van der Waals surface area contributed by atoms with Crippen LogP contribution in [0.2, 0.25) is 0 Å². The summed E-state index contributed by atoms with van der Waals surface area (Å²) >= 11 is 0. The summed E-state index contributed by atoms with van der Waals surface area (Å²) in [6.07, 6.45) is 3.85. The lowest BCUT2D eigenvalue weighted by Gasteiger charge is -2.15. The normalized spacial score (nSPS) is 12.4. The number of anilines is 1. The number of H-pyrrole nitrogens is 1. The van der Waals surface area contributed by atoms with E-state index >= 15 is 0 Å². The molecule has 1 atom stereocenters. The summed E-state index contributed by atoms with van der Waals surface area (Å²) in [4.78, 5) is 0. The lowest BCUT2D eigenvalue weighted by molar-refractivity contribution is 0.475. The Morgan fingerprint density at radius 1 is 1.19 bits per heavy atom. The molecule has 0 saturated heterocycles. The molecule has 1 heterocycles. The molecule has 1 unspecified atom stereocenters. The summed E-state index contributed by atoms with van der Waals surface area (Å²) in [6, 6.07) is 14.0. The molecule has 3 aromatic rings. The van der Waals surface area contributed by atoms with Gasteiger partial charge in [0.05, 0.1) is 11.7 Å². The summed E-state index contributed by atoms with van der Waals surface area (Å²) in [5, 5.41) is 20.9. The van der Waals surface area contributed by atoms with Crippen molar-refractivity contribution in [2.75, 3.05) is 5.32 Å². The highest BCUT2D eigenvalue weighted by molar-refractivity contribution is 5.81. The predicted octanol–water partition coefficient (Wildman–Crippen LogP) is 3.70. The second kappa shape index (κ2) is 5.87. The van der Waals surface area contributed by atoms with Crippen LogP contribution in [0.1, 0.15) is 18.9 Å². The predicted molar refractivity (Wildman–Crippen MR) is 85.6 cm³/mol. The van der Waals surface area contributed by atoms with Crippen molar-refractivity contribution >= 4 is 16.6 Å². The second-order valence-corrected chi connectivity index (χ2v) is 5.42. The first-order valence-electron chi connectivity index (χ1n) is 7.18. The van der Waals surface area contributed by atoms with Crippen molar-refractivity contribution in [1.82, 2.24) is 10.2 Å². The number of phenols is 1. The molecule has 1 aromatic heterocycles. The Morgan fingerprint density at radius 3 is 2.81 bits per heavy atom. The number of aromatic hydroxyl groups is 1. The number of nitrogens with zero attached hydrogens (tertiary/aromatic N) is 1. The van der Waals surface area contributed by atoms with Crippen LogP contribution in [0.15, 0.2) is 48.7 Å². The zero-order chi connectivity index (χ0) is 14.7. The quantitative estimate of drug-likeness (QED) is 0.668. The van der Waals surface area contributed by atoms with Gasteiger partial charge < -0.3 is 10.4 Å². The molecular formula is C17H19N3O. The molecule has 0 fully saturated rings. The minimum atomic E-state index is 0.317. The molecule has 3 rings (SSSR count). The van der Waals surface area contributed by atoms with Gasteiger partial charge in [-0.3, -0.25) is 5.10 Å². The number of hydrogen-bond donors (Lipinski definition) is 3. The van der Waals surface area contributed by atoms with E-state index in [1.165, 1.54) is 5.56 Å². The third-order valence-corrected chi connectivity index (χ3v) is 3.66. The van der Waals surface area contributed by atoms with Crippen LogP contribution in [0.5, 0.6) is 5.75 Å². The average molecular weight is 281 g/mol. The van der Waals surface area contributed by atoms with Crippen molar-refractivity contribution < 1.29 is 5.11 Å². The third kappa shape index (κ3) is 3.34. The first-order valence-corrected chi connectivity index (χ1v) is 7.18. The molecule has 0 spiro atoms. The second-order valence-electron chi connectivity index (χ2n) is 5.42. The molecule has 2 aromatic carbocycles. The van der Waals surface area contributed by atoms with E-state index in [0.717, 1.165) is 29.4 Å². The third-order valence-electron chi connectivity index (χ3n) is 3.66. The van der Waals surface area contributed by atoms with Gasteiger partial charge in [0, 0.05) is 17.1 Å². The lowest BCUT2D eigenvalue weighted by Crippen LogP contribution is -2.15. The van der Waals surface area contributed by atoms with Gasteiger partial charge in [0.2, 0.25) is 0 Å². The number of phenolic OH excluding ortho intramolecular Hbond substituents is 1. The van der Waals surface area contributed by atoms with E-state index in [2.05, 4.69) is 40.6 Å². The fraction of sp³-hybridized carbons (Fsp3) is 0.235. The van der Waals surface area contributed by atoms with Crippen molar-refractivity contribution in [3.8, 4) is 5.75 Å². The highest BCUT2D eigenvalue weighted by Gasteiger charge is 2.04. The fourth-order valence-electron chi connectivity index (χ4n) is 2.43. The Morgan fingerprint density at radius 2 is 2.00 bits per heavy atom. The molecule has 0 aliphatic heterocycles. The fourth-order valence-corrected chi connectivity index (χ4v) is 2.43. The smallest absolute Gasteiger partial charge is 0.115 e. The Kier molecular flexibility index (Phi) is 3.77. The van der Waals surface area contributed by atoms with E-state index in [-0.39, 0.29) is 0 Å². The molecule has 0 aliphatic carbocycles. The Balaban J connectivity index is 1.58. The molecule has 21 heavy (non-hydrogen) atoms. The van der Waals surface area contributed by atoms with E-state index < -0.39 is 0 Å². The lowest BCUT2D eigenvalue weighted by atomic mass is 10.1. The van der Waals surface area contributed by atoms with Gasteiger partial charge in [0.1, 0.15) is 5.75 Å². The summed E-state index contributed by atoms with van der Waals surface area (Å²) in [6.45, 7) is 2.18. The molecule has 4 nitrogen and oxygen atoms in total. The minimum Gasteiger partial charge on any atom is -0.508 e. The molecule has 0 saturated carbocycles. The molecule has 0 aliphatic rings. The van der Waals surface area contributed by atoms with Gasteiger partial charge in [-0.15, -0.1) is 0 Å². The van der Waals surface area contributed by atoms with Crippen LogP contribution in [0.3, 0.4) is 0 Å². The topological polar surface area (TPSA) is 60.9 Å². The van der Waals surface area contributed by atoms with Gasteiger partial charge in [0.15, 0.2) is 0 Å². The van der Waals surface area contributed by atoms with Gasteiger partial charge in [-0.2, -0.15) is 5.10 Å². The van der Waals surface area contributed by atoms with Crippen molar-refractivity contribution in [3.05, 3.63) is 54.2 Å². The number of rotatable bonds is 5. The van der Waals surface area contributed by atoms with E-state index in [1.54, 1.807) is 12.1 Å². The zero-order valence-corrected chi connectivity index (χ0v) is 12.0. The van der Waals surface area contributed by atoms with E-state index in [4.69, 9.17) is 0 Å². The summed E-state index contributed by atoms with van der Waals surface area (Å²) < 4.78 is 0. The highest BCUT2D eigenvalue weighted by atomic mass is 16.3. The minimum absolute atomic E-state index is 0.317. The van der Waals surface area contributed by atoms with Crippen LogP contribution < -0.4 is 5.32 Å². The number of aromatic amines is 1. The Labute approximate surface area is 123 Å². The van der Waals surface area contributed by atoms with Gasteiger partial charge in [-0.05, 0) is 55.7 Å². The van der Waals surface area contributed by atoms with Gasteiger partial charge in [-0.25, -0.2) is 0 Å². The first kappa shape index (κ1) is 13.5. The SMILES string of the molecule is CC(CCc1ccc(O)cc1)Nc1ccc2cn[nH]c2c1. The van der Waals surface area contributed by atoms with Crippen molar-refractivity contribution in [2.24, 2.45) is 0 Å². The number of hydrogen-bond acceptors (Lipinski definition) is 3. The van der Waals surface area contributed by atoms with Crippen molar-refractivity contribution in [2.45, 2.75) is 25.8 Å².